The van der Waals surface area contributed by atoms with E-state index in [9.17, 15) is 5.11 Å². The molecule has 0 bridgehead atoms. The molecule has 0 aliphatic carbocycles. The summed E-state index contributed by atoms with van der Waals surface area (Å²) >= 11 is 21.1. The number of rotatable bonds is 1. The van der Waals surface area contributed by atoms with Crippen molar-refractivity contribution in [3.8, 4) is 0 Å². The normalized spacial score (nSPS) is 14.8. The molecule has 1 aromatic rings. The van der Waals surface area contributed by atoms with Gasteiger partial charge in [-0.3, -0.25) is 0 Å². The van der Waals surface area contributed by atoms with Gasteiger partial charge in [-0.2, -0.15) is 0 Å². The maximum Gasteiger partial charge on any atom is 0.220 e. The Hall–Kier alpha value is 1.01. The minimum Gasteiger partial charge on any atom is -0.383 e. The summed E-state index contributed by atoms with van der Waals surface area (Å²) in [5.74, 6) is 0. The topological polar surface area (TPSA) is 20.2 Å². The van der Waals surface area contributed by atoms with Gasteiger partial charge in [-0.15, -0.1) is 11.3 Å². The average Bonchev–Trinajstić information content (AvgIpc) is 2.32. The average molecular weight is 310 g/mol. The molecule has 0 saturated carbocycles. The van der Waals surface area contributed by atoms with Gasteiger partial charge in [0.1, 0.15) is 6.10 Å². The minimum absolute atomic E-state index is 0.627. The van der Waals surface area contributed by atoms with Crippen LogP contribution in [0.3, 0.4) is 0 Å². The SMILES string of the molecule is OC(c1ccc(Br)s1)C(Cl)(Cl)Cl. The molecule has 1 rings (SSSR count). The maximum atomic E-state index is 9.46. The molecule has 0 radical (unpaired) electrons. The highest BCUT2D eigenvalue weighted by Crippen LogP contribution is 2.42. The first-order chi connectivity index (χ1) is 5.41. The summed E-state index contributed by atoms with van der Waals surface area (Å²) in [6.07, 6.45) is -1.07. The monoisotopic (exact) mass is 308 g/mol. The van der Waals surface area contributed by atoms with E-state index in [4.69, 9.17) is 34.8 Å². The Morgan fingerprint density at radius 1 is 1.42 bits per heavy atom. The zero-order valence-electron chi connectivity index (χ0n) is 5.60. The van der Waals surface area contributed by atoms with Crippen LogP contribution in [0, 0.1) is 0 Å². The molecule has 0 aliphatic heterocycles. The van der Waals surface area contributed by atoms with Crippen LogP contribution >= 0.6 is 62.1 Å². The highest BCUT2D eigenvalue weighted by molar-refractivity contribution is 9.11. The van der Waals surface area contributed by atoms with Gasteiger partial charge in [0, 0.05) is 4.88 Å². The molecule has 1 unspecified atom stereocenters. The summed E-state index contributed by atoms with van der Waals surface area (Å²) in [4.78, 5) is 0.627. The molecule has 6 heteroatoms. The number of hydrogen-bond acceptors (Lipinski definition) is 2. The molecule has 0 saturated heterocycles. The van der Waals surface area contributed by atoms with Crippen molar-refractivity contribution in [2.24, 2.45) is 0 Å². The zero-order chi connectivity index (χ0) is 9.35. The second-order valence-electron chi connectivity index (χ2n) is 2.09. The van der Waals surface area contributed by atoms with Crippen LogP contribution in [-0.4, -0.2) is 8.90 Å². The number of aliphatic hydroxyl groups is 1. The smallest absolute Gasteiger partial charge is 0.220 e. The molecule has 1 N–H and O–H groups in total. The lowest BCUT2D eigenvalue weighted by Gasteiger charge is -2.16. The molecule has 0 spiro atoms. The summed E-state index contributed by atoms with van der Waals surface area (Å²) in [5.41, 5.74) is 0. The lowest BCUT2D eigenvalue weighted by atomic mass is 10.3. The van der Waals surface area contributed by atoms with Crippen LogP contribution in [0.5, 0.6) is 0 Å². The Bertz CT molecular complexity index is 270. The van der Waals surface area contributed by atoms with E-state index in [1.807, 2.05) is 0 Å². The third kappa shape index (κ3) is 2.76. The Labute approximate surface area is 97.4 Å². The minimum atomic E-state index is -1.66. The molecule has 0 amide bonds. The fourth-order valence-corrected chi connectivity index (χ4v) is 2.66. The largest absolute Gasteiger partial charge is 0.383 e. The van der Waals surface area contributed by atoms with Gasteiger partial charge in [-0.05, 0) is 28.1 Å². The summed E-state index contributed by atoms with van der Waals surface area (Å²) in [5, 5.41) is 9.46. The molecule has 1 heterocycles. The molecule has 1 aromatic heterocycles. The Balaban J connectivity index is 2.85. The van der Waals surface area contributed by atoms with Gasteiger partial charge in [-0.25, -0.2) is 0 Å². The van der Waals surface area contributed by atoms with Crippen molar-refractivity contribution < 1.29 is 5.11 Å². The predicted octanol–water partition coefficient (Wildman–Crippen LogP) is 3.91. The van der Waals surface area contributed by atoms with Gasteiger partial charge in [0.2, 0.25) is 3.79 Å². The Kier molecular flexibility index (Phi) is 3.72. The van der Waals surface area contributed by atoms with Gasteiger partial charge >= 0.3 is 0 Å². The summed E-state index contributed by atoms with van der Waals surface area (Å²) in [7, 11) is 0. The van der Waals surface area contributed by atoms with Crippen LogP contribution in [-0.2, 0) is 0 Å². The van der Waals surface area contributed by atoms with E-state index in [-0.39, 0.29) is 0 Å². The third-order valence-corrected chi connectivity index (χ3v) is 3.47. The van der Waals surface area contributed by atoms with Crippen molar-refractivity contribution >= 4 is 62.1 Å². The van der Waals surface area contributed by atoms with E-state index in [1.165, 1.54) is 11.3 Å². The van der Waals surface area contributed by atoms with E-state index in [0.717, 1.165) is 3.79 Å². The van der Waals surface area contributed by atoms with E-state index in [0.29, 0.717) is 4.88 Å². The molecule has 1 atom stereocenters. The van der Waals surface area contributed by atoms with Crippen molar-refractivity contribution in [1.82, 2.24) is 0 Å². The fourth-order valence-electron chi connectivity index (χ4n) is 0.637. The van der Waals surface area contributed by atoms with Crippen molar-refractivity contribution in [3.63, 3.8) is 0 Å². The molecule has 68 valence electrons. The molecule has 0 fully saturated rings. The summed E-state index contributed by atoms with van der Waals surface area (Å²) in [6.45, 7) is 0. The molecular formula is C6H4BrCl3OS. The molecule has 12 heavy (non-hydrogen) atoms. The van der Waals surface area contributed by atoms with Crippen LogP contribution < -0.4 is 0 Å². The van der Waals surface area contributed by atoms with Crippen LogP contribution in [0.1, 0.15) is 11.0 Å². The highest BCUT2D eigenvalue weighted by atomic mass is 79.9. The van der Waals surface area contributed by atoms with Gasteiger partial charge in [0.15, 0.2) is 0 Å². The van der Waals surface area contributed by atoms with E-state index in [1.54, 1.807) is 12.1 Å². The van der Waals surface area contributed by atoms with E-state index >= 15 is 0 Å². The van der Waals surface area contributed by atoms with E-state index < -0.39 is 9.90 Å². The predicted molar refractivity (Wildman–Crippen MR) is 57.3 cm³/mol. The molecule has 1 nitrogen and oxygen atoms in total. The zero-order valence-corrected chi connectivity index (χ0v) is 10.3. The standard InChI is InChI=1S/C6H4BrCl3OS/c7-4-2-1-3(12-4)5(11)6(8,9)10/h1-2,5,11H. The quantitative estimate of drug-likeness (QED) is 0.780. The van der Waals surface area contributed by atoms with Crippen molar-refractivity contribution in [2.75, 3.05) is 0 Å². The van der Waals surface area contributed by atoms with Crippen LogP contribution in [0.25, 0.3) is 0 Å². The van der Waals surface area contributed by atoms with Crippen LogP contribution in [0.4, 0.5) is 0 Å². The van der Waals surface area contributed by atoms with Crippen molar-refractivity contribution in [3.05, 3.63) is 20.8 Å². The molecule has 0 aliphatic rings. The fraction of sp³-hybridized carbons (Fsp3) is 0.333. The lowest BCUT2D eigenvalue weighted by molar-refractivity contribution is 0.186. The summed E-state index contributed by atoms with van der Waals surface area (Å²) < 4.78 is -0.768. The van der Waals surface area contributed by atoms with E-state index in [2.05, 4.69) is 15.9 Å². The second-order valence-corrected chi connectivity index (χ2v) is 6.95. The maximum absolute atomic E-state index is 9.46. The van der Waals surface area contributed by atoms with Gasteiger partial charge < -0.3 is 5.11 Å². The third-order valence-electron chi connectivity index (χ3n) is 1.17. The van der Waals surface area contributed by atoms with Gasteiger partial charge in [-0.1, -0.05) is 34.8 Å². The highest BCUT2D eigenvalue weighted by Gasteiger charge is 2.32. The van der Waals surface area contributed by atoms with Crippen LogP contribution in [0.15, 0.2) is 15.9 Å². The number of thiophene rings is 1. The second kappa shape index (κ2) is 4.03. The first kappa shape index (κ1) is 11.1. The van der Waals surface area contributed by atoms with Gasteiger partial charge in [0.05, 0.1) is 3.79 Å². The van der Waals surface area contributed by atoms with Crippen LogP contribution in [0.2, 0.25) is 0 Å². The molecular weight excluding hydrogens is 306 g/mol. The van der Waals surface area contributed by atoms with Gasteiger partial charge in [0.25, 0.3) is 0 Å². The summed E-state index contributed by atoms with van der Waals surface area (Å²) in [6, 6.07) is 3.50. The molecule has 0 aromatic carbocycles. The number of aliphatic hydroxyl groups excluding tert-OH is 1. The van der Waals surface area contributed by atoms with Crippen molar-refractivity contribution in [1.29, 1.82) is 0 Å². The lowest BCUT2D eigenvalue weighted by Crippen LogP contribution is -2.14. The number of hydrogen-bond donors (Lipinski definition) is 1. The number of alkyl halides is 3. The first-order valence-electron chi connectivity index (χ1n) is 2.91. The number of halogens is 4. The Morgan fingerprint density at radius 2 is 2.00 bits per heavy atom. The first-order valence-corrected chi connectivity index (χ1v) is 5.65. The van der Waals surface area contributed by atoms with Crippen molar-refractivity contribution in [2.45, 2.75) is 9.90 Å². The Morgan fingerprint density at radius 3 is 2.33 bits per heavy atom.